The highest BCUT2D eigenvalue weighted by Gasteiger charge is 2.33. The molecule has 138 valence electrons. The fourth-order valence-corrected chi connectivity index (χ4v) is 4.51. The Bertz CT molecular complexity index is 754. The summed E-state index contributed by atoms with van der Waals surface area (Å²) < 4.78 is 6.46. The van der Waals surface area contributed by atoms with Crippen molar-refractivity contribution in [3.8, 4) is 5.75 Å². The third-order valence-corrected chi connectivity index (χ3v) is 6.21. The normalized spacial score (nSPS) is 19.4. The molecule has 0 aliphatic carbocycles. The molecule has 0 bridgehead atoms. The average Bonchev–Trinajstić information content (AvgIpc) is 2.92. The van der Waals surface area contributed by atoms with Gasteiger partial charge in [-0.25, -0.2) is 0 Å². The van der Waals surface area contributed by atoms with Crippen molar-refractivity contribution in [2.24, 2.45) is 5.92 Å². The van der Waals surface area contributed by atoms with Crippen LogP contribution in [0.4, 0.5) is 0 Å². The number of carbonyl (C=O) groups excluding carboxylic acids is 1. The number of benzene rings is 1. The number of fused-ring (bicyclic) bond motifs is 1. The number of amides is 1. The maximum absolute atomic E-state index is 12.8. The molecule has 0 radical (unpaired) electrons. The van der Waals surface area contributed by atoms with Gasteiger partial charge in [-0.1, -0.05) is 75.3 Å². The summed E-state index contributed by atoms with van der Waals surface area (Å²) in [5, 5.41) is 0. The van der Waals surface area contributed by atoms with Gasteiger partial charge >= 0.3 is 0 Å². The van der Waals surface area contributed by atoms with Crippen molar-refractivity contribution in [1.82, 2.24) is 4.90 Å². The lowest BCUT2D eigenvalue weighted by atomic mass is 9.99. The summed E-state index contributed by atoms with van der Waals surface area (Å²) in [6, 6.07) is 7.93. The largest absolute Gasteiger partial charge is 0.488 e. The topological polar surface area (TPSA) is 29.5 Å². The van der Waals surface area contributed by atoms with Crippen LogP contribution in [0.25, 0.3) is 6.08 Å². The second-order valence-electron chi connectivity index (χ2n) is 6.75. The van der Waals surface area contributed by atoms with Gasteiger partial charge in [0, 0.05) is 12.1 Å². The van der Waals surface area contributed by atoms with Gasteiger partial charge in [-0.3, -0.25) is 9.69 Å². The lowest BCUT2D eigenvalue weighted by Gasteiger charge is -2.21. The number of ether oxygens (including phenoxy) is 1. The summed E-state index contributed by atoms with van der Waals surface area (Å²) >= 11 is 6.89. The standard InChI is InChI=1S/C21H25NO2S2/c1-3-5-8-15(4-2)13-22-20(23)19(26-21(22)25)12-16-11-17-9-6-7-10-18(17)24-14-16/h6-7,9-12,15H,3-5,8,13-14H2,1-2H3/b19-12-/t15-/m1/s1. The average molecular weight is 388 g/mol. The molecule has 5 heteroatoms. The number of carbonyl (C=O) groups is 1. The summed E-state index contributed by atoms with van der Waals surface area (Å²) in [6.07, 6.45) is 8.63. The summed E-state index contributed by atoms with van der Waals surface area (Å²) in [5.41, 5.74) is 2.05. The van der Waals surface area contributed by atoms with Crippen LogP contribution in [-0.4, -0.2) is 28.3 Å². The SMILES string of the molecule is CCCC[C@@H](CC)CN1C(=O)/C(=C/C2=Cc3ccccc3OC2)SC1=S. The Hall–Kier alpha value is -1.59. The number of para-hydroxylation sites is 1. The molecule has 1 atom stereocenters. The quantitative estimate of drug-likeness (QED) is 0.461. The third-order valence-electron chi connectivity index (χ3n) is 4.83. The van der Waals surface area contributed by atoms with E-state index in [0.717, 1.165) is 36.3 Å². The second kappa shape index (κ2) is 8.87. The van der Waals surface area contributed by atoms with Crippen molar-refractivity contribution in [2.45, 2.75) is 39.5 Å². The van der Waals surface area contributed by atoms with Crippen molar-refractivity contribution < 1.29 is 9.53 Å². The molecule has 3 nitrogen and oxygen atoms in total. The first-order chi connectivity index (χ1) is 12.6. The van der Waals surface area contributed by atoms with Gasteiger partial charge in [0.2, 0.25) is 0 Å². The maximum Gasteiger partial charge on any atom is 0.266 e. The van der Waals surface area contributed by atoms with Crippen LogP contribution in [0.1, 0.15) is 45.1 Å². The highest BCUT2D eigenvalue weighted by molar-refractivity contribution is 8.26. The zero-order valence-electron chi connectivity index (χ0n) is 15.4. The molecule has 0 unspecified atom stereocenters. The van der Waals surface area contributed by atoms with Crippen LogP contribution in [0.5, 0.6) is 5.75 Å². The monoisotopic (exact) mass is 387 g/mol. The molecule has 2 aliphatic rings. The molecule has 1 aromatic carbocycles. The van der Waals surface area contributed by atoms with Crippen LogP contribution in [-0.2, 0) is 4.79 Å². The van der Waals surface area contributed by atoms with E-state index in [-0.39, 0.29) is 5.91 Å². The van der Waals surface area contributed by atoms with Gasteiger partial charge in [0.15, 0.2) is 0 Å². The van der Waals surface area contributed by atoms with Gasteiger partial charge in [-0.05, 0) is 36.1 Å². The van der Waals surface area contributed by atoms with E-state index in [0.29, 0.717) is 21.8 Å². The number of hydrogen-bond donors (Lipinski definition) is 0. The molecule has 0 spiro atoms. The van der Waals surface area contributed by atoms with Gasteiger partial charge in [0.25, 0.3) is 5.91 Å². The Morgan fingerprint density at radius 1 is 1.35 bits per heavy atom. The molecule has 0 aromatic heterocycles. The Labute approximate surface area is 165 Å². The van der Waals surface area contributed by atoms with E-state index in [1.165, 1.54) is 24.6 Å². The first-order valence-electron chi connectivity index (χ1n) is 9.30. The van der Waals surface area contributed by atoms with Crippen molar-refractivity contribution >= 4 is 40.3 Å². The third kappa shape index (κ3) is 4.38. The first kappa shape index (κ1) is 19.2. The van der Waals surface area contributed by atoms with Gasteiger partial charge in [0.05, 0.1) is 4.91 Å². The van der Waals surface area contributed by atoms with Gasteiger partial charge in [-0.2, -0.15) is 0 Å². The van der Waals surface area contributed by atoms with Crippen LogP contribution in [0.2, 0.25) is 0 Å². The number of unbranched alkanes of at least 4 members (excludes halogenated alkanes) is 1. The molecule has 1 amide bonds. The van der Waals surface area contributed by atoms with Gasteiger partial charge < -0.3 is 4.74 Å². The lowest BCUT2D eigenvalue weighted by Crippen LogP contribution is -2.33. The number of nitrogens with zero attached hydrogens (tertiary/aromatic N) is 1. The molecule has 0 N–H and O–H groups in total. The molecule has 1 saturated heterocycles. The van der Waals surface area contributed by atoms with Crippen LogP contribution in [0, 0.1) is 5.92 Å². The first-order valence-corrected chi connectivity index (χ1v) is 10.5. The van der Waals surface area contributed by atoms with Gasteiger partial charge in [-0.15, -0.1) is 0 Å². The van der Waals surface area contributed by atoms with Crippen molar-refractivity contribution in [2.75, 3.05) is 13.2 Å². The molecule has 26 heavy (non-hydrogen) atoms. The van der Waals surface area contributed by atoms with Crippen LogP contribution in [0.15, 0.2) is 40.8 Å². The van der Waals surface area contributed by atoms with E-state index >= 15 is 0 Å². The lowest BCUT2D eigenvalue weighted by molar-refractivity contribution is -0.122. The van der Waals surface area contributed by atoms with Gasteiger partial charge in [0.1, 0.15) is 16.7 Å². The molecule has 1 aromatic rings. The maximum atomic E-state index is 12.8. The Morgan fingerprint density at radius 3 is 2.92 bits per heavy atom. The Balaban J connectivity index is 1.72. The highest BCUT2D eigenvalue weighted by Crippen LogP contribution is 2.35. The molecular weight excluding hydrogens is 362 g/mol. The van der Waals surface area contributed by atoms with E-state index < -0.39 is 0 Å². The molecular formula is C21H25NO2S2. The fourth-order valence-electron chi connectivity index (χ4n) is 3.22. The molecule has 1 fully saturated rings. The molecule has 2 aliphatic heterocycles. The fraction of sp³-hybridized carbons (Fsp3) is 0.429. The Morgan fingerprint density at radius 2 is 2.15 bits per heavy atom. The van der Waals surface area contributed by atoms with E-state index in [4.69, 9.17) is 17.0 Å². The molecule has 2 heterocycles. The van der Waals surface area contributed by atoms with E-state index in [1.54, 1.807) is 4.90 Å². The summed E-state index contributed by atoms with van der Waals surface area (Å²) in [6.45, 7) is 5.61. The summed E-state index contributed by atoms with van der Waals surface area (Å²) in [7, 11) is 0. The summed E-state index contributed by atoms with van der Waals surface area (Å²) in [5.74, 6) is 1.44. The second-order valence-corrected chi connectivity index (χ2v) is 8.43. The van der Waals surface area contributed by atoms with Crippen LogP contribution < -0.4 is 4.74 Å². The minimum absolute atomic E-state index is 0.0368. The van der Waals surface area contributed by atoms with Crippen molar-refractivity contribution in [3.05, 3.63) is 46.4 Å². The van der Waals surface area contributed by atoms with E-state index in [9.17, 15) is 4.79 Å². The predicted octanol–water partition coefficient (Wildman–Crippen LogP) is 5.42. The number of thioether (sulfide) groups is 1. The number of thiocarbonyl (C=S) groups is 1. The highest BCUT2D eigenvalue weighted by atomic mass is 32.2. The minimum atomic E-state index is 0.0368. The Kier molecular flexibility index (Phi) is 6.54. The van der Waals surface area contributed by atoms with Crippen molar-refractivity contribution in [1.29, 1.82) is 0 Å². The van der Waals surface area contributed by atoms with E-state index in [2.05, 4.69) is 19.9 Å². The number of rotatable bonds is 7. The number of hydrogen-bond acceptors (Lipinski definition) is 4. The van der Waals surface area contributed by atoms with Crippen molar-refractivity contribution in [3.63, 3.8) is 0 Å². The van der Waals surface area contributed by atoms with E-state index in [1.807, 2.05) is 30.3 Å². The molecule has 0 saturated carbocycles. The zero-order chi connectivity index (χ0) is 18.5. The predicted molar refractivity (Wildman–Crippen MR) is 113 cm³/mol. The minimum Gasteiger partial charge on any atom is -0.488 e. The zero-order valence-corrected chi connectivity index (χ0v) is 17.0. The van der Waals surface area contributed by atoms with Crippen LogP contribution in [0.3, 0.4) is 0 Å². The molecule has 3 rings (SSSR count). The van der Waals surface area contributed by atoms with Crippen LogP contribution >= 0.6 is 24.0 Å². The smallest absolute Gasteiger partial charge is 0.266 e. The summed E-state index contributed by atoms with van der Waals surface area (Å²) in [4.78, 5) is 15.3.